The number of benzene rings is 1. The third kappa shape index (κ3) is 3.87. The standard InChI is InChI=1S/C18H26/c1-6-9-17(7-2)15(5)12-16-11-10-14(4)18(8-3)13-16/h8,10-13,17H,4,6-7,9H2,1-3,5H3/b15-12+,18-8-. The maximum Gasteiger partial charge on any atom is -0.0205 e. The predicted molar refractivity (Wildman–Crippen MR) is 83.7 cm³/mol. The first kappa shape index (κ1) is 14.8. The van der Waals surface area contributed by atoms with E-state index in [0.717, 1.165) is 11.1 Å². The molecular weight excluding hydrogens is 216 g/mol. The molecule has 0 heteroatoms. The quantitative estimate of drug-likeness (QED) is 0.728. The highest BCUT2D eigenvalue weighted by Crippen LogP contribution is 2.22. The van der Waals surface area contributed by atoms with E-state index in [9.17, 15) is 0 Å². The van der Waals surface area contributed by atoms with E-state index in [0.29, 0.717) is 0 Å². The molecule has 0 bridgehead atoms. The highest BCUT2D eigenvalue weighted by atomic mass is 14.1. The van der Waals surface area contributed by atoms with E-state index in [1.54, 1.807) is 0 Å². The molecular formula is C18H26. The summed E-state index contributed by atoms with van der Waals surface area (Å²) in [6.07, 6.45) is 8.24. The van der Waals surface area contributed by atoms with Crippen LogP contribution in [0.15, 0.2) is 23.8 Å². The van der Waals surface area contributed by atoms with E-state index < -0.39 is 0 Å². The van der Waals surface area contributed by atoms with Gasteiger partial charge in [0.25, 0.3) is 0 Å². The van der Waals surface area contributed by atoms with Gasteiger partial charge < -0.3 is 0 Å². The zero-order chi connectivity index (χ0) is 13.5. The molecule has 0 N–H and O–H groups in total. The third-order valence-electron chi connectivity index (χ3n) is 3.65. The summed E-state index contributed by atoms with van der Waals surface area (Å²) in [5.41, 5.74) is 2.79. The van der Waals surface area contributed by atoms with Gasteiger partial charge >= 0.3 is 0 Å². The molecule has 0 heterocycles. The van der Waals surface area contributed by atoms with Crippen molar-refractivity contribution in [1.29, 1.82) is 0 Å². The maximum absolute atomic E-state index is 4.04. The van der Waals surface area contributed by atoms with Crippen molar-refractivity contribution in [3.63, 3.8) is 0 Å². The predicted octanol–water partition coefficient (Wildman–Crippen LogP) is 4.13. The van der Waals surface area contributed by atoms with Gasteiger partial charge in [-0.05, 0) is 54.7 Å². The normalized spacial score (nSPS) is 14.9. The van der Waals surface area contributed by atoms with Crippen molar-refractivity contribution in [2.24, 2.45) is 5.92 Å². The van der Waals surface area contributed by atoms with Crippen LogP contribution in [0.5, 0.6) is 0 Å². The number of rotatable bonds is 5. The lowest BCUT2D eigenvalue weighted by Crippen LogP contribution is -2.22. The molecule has 0 aromatic heterocycles. The molecule has 18 heavy (non-hydrogen) atoms. The SMILES string of the molecule is C=c1ccc(/C=C(\C)C(CC)CCC)c/c1=C/C. The topological polar surface area (TPSA) is 0 Å². The molecule has 1 rings (SSSR count). The number of allylic oxidation sites excluding steroid dienone is 1. The fourth-order valence-corrected chi connectivity index (χ4v) is 2.45. The molecule has 0 aliphatic carbocycles. The summed E-state index contributed by atoms with van der Waals surface area (Å²) < 4.78 is 0. The minimum Gasteiger partial charge on any atom is -0.0912 e. The molecule has 0 saturated heterocycles. The highest BCUT2D eigenvalue weighted by molar-refractivity contribution is 5.53. The largest absolute Gasteiger partial charge is 0.0912 e. The first-order valence-electron chi connectivity index (χ1n) is 7.05. The van der Waals surface area contributed by atoms with E-state index in [1.165, 1.54) is 35.6 Å². The van der Waals surface area contributed by atoms with Crippen molar-refractivity contribution in [2.45, 2.75) is 47.0 Å². The van der Waals surface area contributed by atoms with Gasteiger partial charge in [0, 0.05) is 0 Å². The van der Waals surface area contributed by atoms with Gasteiger partial charge in [-0.2, -0.15) is 0 Å². The van der Waals surface area contributed by atoms with E-state index in [4.69, 9.17) is 0 Å². The molecule has 1 unspecified atom stereocenters. The van der Waals surface area contributed by atoms with Gasteiger partial charge in [-0.1, -0.05) is 56.7 Å². The summed E-state index contributed by atoms with van der Waals surface area (Å²) >= 11 is 0. The molecule has 0 radical (unpaired) electrons. The van der Waals surface area contributed by atoms with Crippen LogP contribution >= 0.6 is 0 Å². The van der Waals surface area contributed by atoms with Gasteiger partial charge in [0.2, 0.25) is 0 Å². The van der Waals surface area contributed by atoms with E-state index in [1.807, 2.05) is 0 Å². The molecule has 0 amide bonds. The van der Waals surface area contributed by atoms with Crippen LogP contribution in [-0.4, -0.2) is 0 Å². The van der Waals surface area contributed by atoms with Crippen LogP contribution < -0.4 is 10.4 Å². The van der Waals surface area contributed by atoms with Crippen LogP contribution in [0.25, 0.3) is 18.7 Å². The smallest absolute Gasteiger partial charge is 0.0205 e. The van der Waals surface area contributed by atoms with Crippen LogP contribution in [0.4, 0.5) is 0 Å². The van der Waals surface area contributed by atoms with Gasteiger partial charge in [-0.25, -0.2) is 0 Å². The van der Waals surface area contributed by atoms with Gasteiger partial charge in [0.15, 0.2) is 0 Å². The Bertz CT molecular complexity index is 505. The minimum atomic E-state index is 0.725. The first-order valence-corrected chi connectivity index (χ1v) is 7.05. The van der Waals surface area contributed by atoms with Crippen molar-refractivity contribution < 1.29 is 0 Å². The van der Waals surface area contributed by atoms with Crippen molar-refractivity contribution in [1.82, 2.24) is 0 Å². The Hall–Kier alpha value is -1.30. The number of hydrogen-bond donors (Lipinski definition) is 0. The second kappa shape index (κ2) is 7.20. The molecule has 0 fully saturated rings. The molecule has 0 spiro atoms. The van der Waals surface area contributed by atoms with E-state index >= 15 is 0 Å². The second-order valence-corrected chi connectivity index (χ2v) is 5.03. The Morgan fingerprint density at radius 2 is 2.06 bits per heavy atom. The fraction of sp³-hybridized carbons (Fsp3) is 0.444. The van der Waals surface area contributed by atoms with Gasteiger partial charge in [0.05, 0.1) is 0 Å². The summed E-state index contributed by atoms with van der Waals surface area (Å²) in [6, 6.07) is 6.50. The summed E-state index contributed by atoms with van der Waals surface area (Å²) in [4.78, 5) is 0. The summed E-state index contributed by atoms with van der Waals surface area (Å²) in [6.45, 7) is 12.9. The van der Waals surface area contributed by atoms with Gasteiger partial charge in [-0.3, -0.25) is 0 Å². The second-order valence-electron chi connectivity index (χ2n) is 5.03. The average Bonchev–Trinajstić information content (AvgIpc) is 2.38. The van der Waals surface area contributed by atoms with E-state index in [2.05, 4.69) is 64.6 Å². The summed E-state index contributed by atoms with van der Waals surface area (Å²) in [7, 11) is 0. The molecule has 0 saturated carbocycles. The van der Waals surface area contributed by atoms with Crippen molar-refractivity contribution in [2.75, 3.05) is 0 Å². The zero-order valence-electron chi connectivity index (χ0n) is 12.3. The average molecular weight is 242 g/mol. The lowest BCUT2D eigenvalue weighted by atomic mass is 9.91. The van der Waals surface area contributed by atoms with Crippen LogP contribution in [-0.2, 0) is 0 Å². The lowest BCUT2D eigenvalue weighted by Gasteiger charge is -2.14. The zero-order valence-corrected chi connectivity index (χ0v) is 12.3. The van der Waals surface area contributed by atoms with Gasteiger partial charge in [-0.15, -0.1) is 0 Å². The van der Waals surface area contributed by atoms with Crippen molar-refractivity contribution in [3.8, 4) is 0 Å². The Morgan fingerprint density at radius 1 is 1.33 bits per heavy atom. The molecule has 0 aliphatic rings. The maximum atomic E-state index is 4.04. The van der Waals surface area contributed by atoms with Crippen LogP contribution in [0.1, 0.15) is 52.5 Å². The van der Waals surface area contributed by atoms with Crippen molar-refractivity contribution >= 4 is 18.7 Å². The molecule has 1 atom stereocenters. The third-order valence-corrected chi connectivity index (χ3v) is 3.65. The Morgan fingerprint density at radius 3 is 2.61 bits per heavy atom. The van der Waals surface area contributed by atoms with Crippen LogP contribution in [0, 0.1) is 5.92 Å². The molecule has 0 aliphatic heterocycles. The monoisotopic (exact) mass is 242 g/mol. The summed E-state index contributed by atoms with van der Waals surface area (Å²) in [5, 5.41) is 2.34. The summed E-state index contributed by atoms with van der Waals surface area (Å²) in [5.74, 6) is 0.725. The highest BCUT2D eigenvalue weighted by Gasteiger charge is 2.06. The Balaban J connectivity index is 3.05. The number of hydrogen-bond acceptors (Lipinski definition) is 0. The molecule has 0 nitrogen and oxygen atoms in total. The Kier molecular flexibility index (Phi) is 5.91. The lowest BCUT2D eigenvalue weighted by molar-refractivity contribution is 0.537. The molecule has 98 valence electrons. The van der Waals surface area contributed by atoms with Gasteiger partial charge in [0.1, 0.15) is 0 Å². The molecule has 1 aromatic rings. The fourth-order valence-electron chi connectivity index (χ4n) is 2.45. The first-order chi connectivity index (χ1) is 8.62. The van der Waals surface area contributed by atoms with Crippen molar-refractivity contribution in [3.05, 3.63) is 39.8 Å². The van der Waals surface area contributed by atoms with E-state index in [-0.39, 0.29) is 0 Å². The van der Waals surface area contributed by atoms with Crippen LogP contribution in [0.3, 0.4) is 0 Å². The minimum absolute atomic E-state index is 0.725. The van der Waals surface area contributed by atoms with Crippen LogP contribution in [0.2, 0.25) is 0 Å². The molecule has 1 aromatic carbocycles. The Labute approximate surface area is 112 Å².